The summed E-state index contributed by atoms with van der Waals surface area (Å²) in [6.07, 6.45) is 0. The molecule has 2 aliphatic carbocycles. The normalized spacial score (nSPS) is 16.7. The SMILES string of the molecule is O=C(c1ccc2c(c1)C(=O)C(C(=O)Nc1ccc(Cl)cc1Cl)C2=O)c1ccc2c(c1)C(=O)C(C(=O)Nc1ccc(Cl)cc1Cl)C2=O. The number of nitrogens with one attached hydrogen (secondary N) is 2. The predicted molar refractivity (Wildman–Crippen MR) is 171 cm³/mol. The second-order valence-corrected chi connectivity index (χ2v) is 12.1. The number of halogens is 4. The van der Waals surface area contributed by atoms with Gasteiger partial charge in [0.05, 0.1) is 21.4 Å². The van der Waals surface area contributed by atoms with E-state index in [4.69, 9.17) is 46.4 Å². The van der Waals surface area contributed by atoms with Crippen LogP contribution in [0, 0.1) is 11.8 Å². The fourth-order valence-corrected chi connectivity index (χ4v) is 6.21. The van der Waals surface area contributed by atoms with E-state index in [1.165, 1.54) is 72.8 Å². The Morgan fingerprint density at radius 1 is 0.478 bits per heavy atom. The van der Waals surface area contributed by atoms with Gasteiger partial charge in [-0.25, -0.2) is 0 Å². The van der Waals surface area contributed by atoms with Gasteiger partial charge in [-0.1, -0.05) is 58.5 Å². The van der Waals surface area contributed by atoms with E-state index < -0.39 is 52.6 Å². The van der Waals surface area contributed by atoms with Crippen molar-refractivity contribution in [2.45, 2.75) is 0 Å². The molecule has 0 radical (unpaired) electrons. The van der Waals surface area contributed by atoms with E-state index in [0.29, 0.717) is 10.0 Å². The van der Waals surface area contributed by atoms with Crippen LogP contribution >= 0.6 is 46.4 Å². The summed E-state index contributed by atoms with van der Waals surface area (Å²) in [6.45, 7) is 0. The first kappa shape index (κ1) is 31.3. The highest BCUT2D eigenvalue weighted by Crippen LogP contribution is 2.34. The third-order valence-corrected chi connectivity index (χ3v) is 8.67. The first-order chi connectivity index (χ1) is 21.8. The Kier molecular flexibility index (Phi) is 8.12. The third-order valence-electron chi connectivity index (χ3n) is 7.58. The van der Waals surface area contributed by atoms with Crippen LogP contribution in [0.3, 0.4) is 0 Å². The van der Waals surface area contributed by atoms with Gasteiger partial charge in [0.1, 0.15) is 0 Å². The molecule has 228 valence electrons. The summed E-state index contributed by atoms with van der Waals surface area (Å²) in [5, 5.41) is 5.79. The maximum absolute atomic E-state index is 13.5. The van der Waals surface area contributed by atoms with Gasteiger partial charge in [0.15, 0.2) is 40.8 Å². The van der Waals surface area contributed by atoms with Crippen molar-refractivity contribution in [2.24, 2.45) is 11.8 Å². The van der Waals surface area contributed by atoms with Crippen LogP contribution in [0.15, 0.2) is 72.8 Å². The van der Waals surface area contributed by atoms with Gasteiger partial charge in [-0.2, -0.15) is 0 Å². The second kappa shape index (κ2) is 11.9. The fourth-order valence-electron chi connectivity index (χ4n) is 5.30. The lowest BCUT2D eigenvalue weighted by Gasteiger charge is -2.10. The zero-order valence-corrected chi connectivity index (χ0v) is 26.0. The molecule has 4 aromatic rings. The molecule has 2 N–H and O–H groups in total. The van der Waals surface area contributed by atoms with E-state index in [2.05, 4.69) is 10.6 Å². The molecule has 0 saturated carbocycles. The largest absolute Gasteiger partial charge is 0.324 e. The number of carbonyl (C=O) groups excluding carboxylic acids is 7. The molecule has 9 nitrogen and oxygen atoms in total. The van der Waals surface area contributed by atoms with Gasteiger partial charge < -0.3 is 10.6 Å². The molecule has 0 fully saturated rings. The van der Waals surface area contributed by atoms with Crippen molar-refractivity contribution >= 4 is 98.5 Å². The molecule has 2 unspecified atom stereocenters. The van der Waals surface area contributed by atoms with Crippen LogP contribution in [0.1, 0.15) is 57.4 Å². The zero-order chi connectivity index (χ0) is 33.0. The molecule has 6 rings (SSSR count). The second-order valence-electron chi connectivity index (χ2n) is 10.4. The zero-order valence-electron chi connectivity index (χ0n) is 23.0. The van der Waals surface area contributed by atoms with Gasteiger partial charge in [0, 0.05) is 43.4 Å². The van der Waals surface area contributed by atoms with Crippen molar-refractivity contribution in [3.05, 3.63) is 126 Å². The number of ketones is 5. The predicted octanol–water partition coefficient (Wildman–Crippen LogP) is 6.80. The van der Waals surface area contributed by atoms with Crippen LogP contribution in [0.4, 0.5) is 11.4 Å². The maximum Gasteiger partial charge on any atom is 0.243 e. The number of amides is 2. The number of Topliss-reactive ketones (excluding diaryl/α,β-unsaturated/α-hetero) is 4. The number of hydrogen-bond acceptors (Lipinski definition) is 7. The maximum atomic E-state index is 13.5. The van der Waals surface area contributed by atoms with E-state index in [9.17, 15) is 33.6 Å². The van der Waals surface area contributed by atoms with Crippen molar-refractivity contribution in [3.8, 4) is 0 Å². The Labute approximate surface area is 279 Å². The Morgan fingerprint density at radius 3 is 1.22 bits per heavy atom. The average Bonchev–Trinajstić information content (AvgIpc) is 3.42. The van der Waals surface area contributed by atoms with Crippen molar-refractivity contribution in [3.63, 3.8) is 0 Å². The Hall–Kier alpha value is -4.67. The van der Waals surface area contributed by atoms with Crippen LogP contribution in [-0.2, 0) is 9.59 Å². The number of anilines is 2. The van der Waals surface area contributed by atoms with Gasteiger partial charge in [-0.3, -0.25) is 33.6 Å². The topological polar surface area (TPSA) is 144 Å². The Bertz CT molecular complexity index is 1960. The molecule has 46 heavy (non-hydrogen) atoms. The number of rotatable bonds is 6. The first-order valence-electron chi connectivity index (χ1n) is 13.4. The summed E-state index contributed by atoms with van der Waals surface area (Å²) in [4.78, 5) is 91.8. The molecule has 0 bridgehead atoms. The molecule has 0 spiro atoms. The lowest BCUT2D eigenvalue weighted by atomic mass is 9.96. The smallest absolute Gasteiger partial charge is 0.243 e. The van der Waals surface area contributed by atoms with Gasteiger partial charge in [0.25, 0.3) is 0 Å². The summed E-state index contributed by atoms with van der Waals surface area (Å²) >= 11 is 24.0. The van der Waals surface area contributed by atoms with Crippen molar-refractivity contribution in [2.75, 3.05) is 10.6 Å². The van der Waals surface area contributed by atoms with Crippen molar-refractivity contribution < 1.29 is 33.6 Å². The molecule has 2 amide bonds. The summed E-state index contributed by atoms with van der Waals surface area (Å²) in [5.74, 6) is -8.91. The lowest BCUT2D eigenvalue weighted by Crippen LogP contribution is -2.31. The molecule has 0 aliphatic heterocycles. The summed E-state index contributed by atoms with van der Waals surface area (Å²) in [7, 11) is 0. The van der Waals surface area contributed by atoms with Crippen LogP contribution in [0.5, 0.6) is 0 Å². The first-order valence-corrected chi connectivity index (χ1v) is 14.9. The fraction of sp³-hybridized carbons (Fsp3) is 0.0606. The van der Waals surface area contributed by atoms with Crippen molar-refractivity contribution in [1.82, 2.24) is 0 Å². The summed E-state index contributed by atoms with van der Waals surface area (Å²) < 4.78 is 0. The highest BCUT2D eigenvalue weighted by atomic mass is 35.5. The minimum atomic E-state index is -1.69. The van der Waals surface area contributed by atoms with E-state index >= 15 is 0 Å². The molecule has 2 atom stereocenters. The average molecular weight is 694 g/mol. The third kappa shape index (κ3) is 5.41. The molecule has 0 heterocycles. The van der Waals surface area contributed by atoms with Gasteiger partial charge >= 0.3 is 0 Å². The molecule has 0 saturated heterocycles. The molecule has 13 heteroatoms. The van der Waals surface area contributed by atoms with Gasteiger partial charge in [0.2, 0.25) is 11.8 Å². The minimum absolute atomic E-state index is 0.00917. The number of hydrogen-bond donors (Lipinski definition) is 2. The highest BCUT2D eigenvalue weighted by Gasteiger charge is 2.45. The van der Waals surface area contributed by atoms with E-state index in [-0.39, 0.29) is 54.8 Å². The van der Waals surface area contributed by atoms with Gasteiger partial charge in [-0.15, -0.1) is 0 Å². The van der Waals surface area contributed by atoms with Crippen LogP contribution in [-0.4, -0.2) is 40.7 Å². The highest BCUT2D eigenvalue weighted by molar-refractivity contribution is 6.41. The van der Waals surface area contributed by atoms with Crippen LogP contribution < -0.4 is 10.6 Å². The number of carbonyl (C=O) groups is 7. The Morgan fingerprint density at radius 2 is 0.848 bits per heavy atom. The van der Waals surface area contributed by atoms with Gasteiger partial charge in [-0.05, 0) is 60.7 Å². The minimum Gasteiger partial charge on any atom is -0.324 e. The molecule has 0 aromatic heterocycles. The molecule has 4 aromatic carbocycles. The summed E-state index contributed by atoms with van der Waals surface area (Å²) in [6, 6.07) is 16.2. The monoisotopic (exact) mass is 692 g/mol. The van der Waals surface area contributed by atoms with E-state index in [0.717, 1.165) is 0 Å². The van der Waals surface area contributed by atoms with Crippen LogP contribution in [0.25, 0.3) is 0 Å². The molecular formula is C33H16Cl4N2O7. The number of benzene rings is 4. The number of fused-ring (bicyclic) bond motifs is 2. The van der Waals surface area contributed by atoms with E-state index in [1.807, 2.05) is 0 Å². The van der Waals surface area contributed by atoms with Crippen LogP contribution in [0.2, 0.25) is 20.1 Å². The lowest BCUT2D eigenvalue weighted by molar-refractivity contribution is -0.118. The standard InChI is InChI=1S/C33H16Cl4N2O7/c34-15-3-7-23(21(36)11-15)38-32(45)25-28(41)17-5-1-13(9-19(17)30(25)43)27(40)14-2-6-18-20(10-14)31(44)26(29(18)42)33(46)39-24-8-4-16(35)12-22(24)37/h1-12,25-26H,(H,38,45)(H,39,46). The summed E-state index contributed by atoms with van der Waals surface area (Å²) in [5.41, 5.74) is -0.0218. The molecular weight excluding hydrogens is 678 g/mol. The quantitative estimate of drug-likeness (QED) is 0.167. The molecule has 2 aliphatic rings. The Balaban J connectivity index is 1.22. The van der Waals surface area contributed by atoms with E-state index in [1.54, 1.807) is 0 Å². The van der Waals surface area contributed by atoms with Crippen molar-refractivity contribution in [1.29, 1.82) is 0 Å².